The number of amides is 2. The first-order chi connectivity index (χ1) is 10.6. The molecule has 0 aliphatic heterocycles. The quantitative estimate of drug-likeness (QED) is 0.608. The molecule has 0 radical (unpaired) electrons. The van der Waals surface area contributed by atoms with Crippen LogP contribution >= 0.6 is 0 Å². The molecule has 114 valence electrons. The van der Waals surface area contributed by atoms with Crippen molar-refractivity contribution in [1.82, 2.24) is 20.7 Å². The molecule has 0 bridgehead atoms. The first-order valence-electron chi connectivity index (χ1n) is 6.54. The summed E-state index contributed by atoms with van der Waals surface area (Å²) in [6.45, 7) is 1.95. The van der Waals surface area contributed by atoms with E-state index in [4.69, 9.17) is 4.42 Å². The van der Waals surface area contributed by atoms with Gasteiger partial charge in [-0.25, -0.2) is 10.4 Å². The van der Waals surface area contributed by atoms with Crippen LogP contribution in [0.2, 0.25) is 0 Å². The van der Waals surface area contributed by atoms with Crippen LogP contribution < -0.4 is 10.7 Å². The van der Waals surface area contributed by atoms with Gasteiger partial charge >= 0.3 is 0 Å². The summed E-state index contributed by atoms with van der Waals surface area (Å²) in [5.41, 5.74) is 2.94. The smallest absolute Gasteiger partial charge is 0.291 e. The molecule has 0 aliphatic rings. The van der Waals surface area contributed by atoms with Crippen LogP contribution in [0.4, 0.5) is 0 Å². The highest BCUT2D eigenvalue weighted by Gasteiger charge is 2.07. The van der Waals surface area contributed by atoms with Crippen LogP contribution in [0.25, 0.3) is 0 Å². The van der Waals surface area contributed by atoms with Gasteiger partial charge in [-0.3, -0.25) is 14.6 Å². The largest absolute Gasteiger partial charge is 0.467 e. The standard InChI is InChI=1S/C14H15N5O3/c1-10(7-13(20)17-8-11-3-2-6-22-11)18-19-14(21)12-9-15-4-5-16-12/h2-6,9H,7-8H2,1H3,(H,17,20)(H,19,21). The molecule has 2 aromatic rings. The molecule has 22 heavy (non-hydrogen) atoms. The first kappa shape index (κ1) is 15.4. The number of nitrogens with one attached hydrogen (secondary N) is 2. The molecule has 2 N–H and O–H groups in total. The molecular weight excluding hydrogens is 286 g/mol. The Bertz CT molecular complexity index is 652. The maximum Gasteiger partial charge on any atom is 0.291 e. The van der Waals surface area contributed by atoms with Gasteiger partial charge in [0.15, 0.2) is 0 Å². The highest BCUT2D eigenvalue weighted by molar-refractivity contribution is 6.00. The second kappa shape index (κ2) is 7.67. The normalized spacial score (nSPS) is 11.0. The first-order valence-corrected chi connectivity index (χ1v) is 6.54. The Morgan fingerprint density at radius 2 is 2.23 bits per heavy atom. The Labute approximate surface area is 126 Å². The van der Waals surface area contributed by atoms with Crippen LogP contribution in [-0.2, 0) is 11.3 Å². The van der Waals surface area contributed by atoms with E-state index in [-0.39, 0.29) is 18.0 Å². The number of nitrogens with zero attached hydrogens (tertiary/aromatic N) is 3. The van der Waals surface area contributed by atoms with Gasteiger partial charge in [-0.2, -0.15) is 5.10 Å². The van der Waals surface area contributed by atoms with Gasteiger partial charge in [0.25, 0.3) is 5.91 Å². The lowest BCUT2D eigenvalue weighted by molar-refractivity contribution is -0.120. The van der Waals surface area contributed by atoms with Crippen LogP contribution in [-0.4, -0.2) is 27.5 Å². The number of carbonyl (C=O) groups is 2. The third-order valence-corrected chi connectivity index (χ3v) is 2.60. The maximum absolute atomic E-state index is 11.7. The van der Waals surface area contributed by atoms with E-state index in [0.717, 1.165) is 0 Å². The minimum absolute atomic E-state index is 0.0709. The van der Waals surface area contributed by atoms with Crippen LogP contribution in [0, 0.1) is 0 Å². The summed E-state index contributed by atoms with van der Waals surface area (Å²) in [6.07, 6.45) is 5.82. The lowest BCUT2D eigenvalue weighted by Gasteiger charge is -2.04. The number of furan rings is 1. The van der Waals surface area contributed by atoms with Gasteiger partial charge < -0.3 is 9.73 Å². The molecule has 8 heteroatoms. The zero-order valence-corrected chi connectivity index (χ0v) is 11.9. The van der Waals surface area contributed by atoms with Crippen LogP contribution in [0.5, 0.6) is 0 Å². The molecule has 0 atom stereocenters. The van der Waals surface area contributed by atoms with E-state index >= 15 is 0 Å². The van der Waals surface area contributed by atoms with Crippen molar-refractivity contribution in [3.8, 4) is 0 Å². The molecule has 2 heterocycles. The third kappa shape index (κ3) is 4.82. The van der Waals surface area contributed by atoms with Gasteiger partial charge in [0.1, 0.15) is 11.5 Å². The molecule has 0 unspecified atom stereocenters. The maximum atomic E-state index is 11.7. The van der Waals surface area contributed by atoms with Gasteiger partial charge in [-0.15, -0.1) is 0 Å². The van der Waals surface area contributed by atoms with E-state index < -0.39 is 5.91 Å². The van der Waals surface area contributed by atoms with Crippen molar-refractivity contribution in [3.63, 3.8) is 0 Å². The molecule has 0 spiro atoms. The molecule has 0 fully saturated rings. The van der Waals surface area contributed by atoms with Crippen molar-refractivity contribution < 1.29 is 14.0 Å². The summed E-state index contributed by atoms with van der Waals surface area (Å²) in [6, 6.07) is 3.51. The summed E-state index contributed by atoms with van der Waals surface area (Å²) < 4.78 is 5.10. The van der Waals surface area contributed by atoms with Gasteiger partial charge in [-0.1, -0.05) is 0 Å². The lowest BCUT2D eigenvalue weighted by Crippen LogP contribution is -2.26. The Morgan fingerprint density at radius 1 is 1.36 bits per heavy atom. The van der Waals surface area contributed by atoms with Crippen LogP contribution in [0.3, 0.4) is 0 Å². The van der Waals surface area contributed by atoms with E-state index in [1.165, 1.54) is 24.9 Å². The number of carbonyl (C=O) groups excluding carboxylic acids is 2. The van der Waals surface area contributed by atoms with Gasteiger partial charge in [0.05, 0.1) is 25.4 Å². The topological polar surface area (TPSA) is 109 Å². The molecule has 2 amide bonds. The van der Waals surface area contributed by atoms with Gasteiger partial charge in [-0.05, 0) is 19.1 Å². The Hall–Kier alpha value is -3.03. The fourth-order valence-electron chi connectivity index (χ4n) is 1.55. The SMILES string of the molecule is CC(CC(=O)NCc1ccco1)=NNC(=O)c1cnccn1. The molecule has 8 nitrogen and oxygen atoms in total. The number of hydrogen-bond donors (Lipinski definition) is 2. The monoisotopic (exact) mass is 301 g/mol. The van der Waals surface area contributed by atoms with Crippen molar-refractivity contribution in [2.24, 2.45) is 5.10 Å². The summed E-state index contributed by atoms with van der Waals surface area (Å²) in [7, 11) is 0. The molecule has 0 aliphatic carbocycles. The van der Waals surface area contributed by atoms with E-state index in [9.17, 15) is 9.59 Å². The van der Waals surface area contributed by atoms with Crippen molar-refractivity contribution in [1.29, 1.82) is 0 Å². The Kier molecular flexibility index (Phi) is 5.36. The van der Waals surface area contributed by atoms with Crippen molar-refractivity contribution in [2.45, 2.75) is 19.9 Å². The predicted octanol–water partition coefficient (Wildman–Crippen LogP) is 0.882. The fourth-order valence-corrected chi connectivity index (χ4v) is 1.55. The molecule has 0 saturated carbocycles. The van der Waals surface area contributed by atoms with Crippen molar-refractivity contribution >= 4 is 17.5 Å². The zero-order valence-electron chi connectivity index (χ0n) is 11.9. The summed E-state index contributed by atoms with van der Waals surface area (Å²) in [5.74, 6) is -0.0336. The van der Waals surface area contributed by atoms with Gasteiger partial charge in [0.2, 0.25) is 5.91 Å². The van der Waals surface area contributed by atoms with E-state index in [1.807, 2.05) is 0 Å². The molecular formula is C14H15N5O3. The number of aromatic nitrogens is 2. The van der Waals surface area contributed by atoms with Gasteiger partial charge in [0, 0.05) is 18.1 Å². The average Bonchev–Trinajstić information content (AvgIpc) is 3.05. The lowest BCUT2D eigenvalue weighted by atomic mass is 10.3. The Morgan fingerprint density at radius 3 is 2.91 bits per heavy atom. The second-order valence-corrected chi connectivity index (χ2v) is 4.41. The molecule has 2 rings (SSSR count). The number of rotatable bonds is 6. The van der Waals surface area contributed by atoms with Crippen molar-refractivity contribution in [3.05, 3.63) is 48.4 Å². The van der Waals surface area contributed by atoms with E-state index in [1.54, 1.807) is 19.1 Å². The predicted molar refractivity (Wildman–Crippen MR) is 77.8 cm³/mol. The summed E-state index contributed by atoms with van der Waals surface area (Å²) in [4.78, 5) is 31.0. The Balaban J connectivity index is 1.77. The summed E-state index contributed by atoms with van der Waals surface area (Å²) in [5, 5.41) is 6.54. The minimum Gasteiger partial charge on any atom is -0.467 e. The zero-order chi connectivity index (χ0) is 15.8. The average molecular weight is 301 g/mol. The van der Waals surface area contributed by atoms with Crippen molar-refractivity contribution in [2.75, 3.05) is 0 Å². The van der Waals surface area contributed by atoms with E-state index in [2.05, 4.69) is 25.8 Å². The van der Waals surface area contributed by atoms with E-state index in [0.29, 0.717) is 18.0 Å². The molecule has 0 saturated heterocycles. The molecule has 2 aromatic heterocycles. The second-order valence-electron chi connectivity index (χ2n) is 4.41. The minimum atomic E-state index is -0.483. The highest BCUT2D eigenvalue weighted by atomic mass is 16.3. The fraction of sp³-hybridized carbons (Fsp3) is 0.214. The number of hydrazone groups is 1. The highest BCUT2D eigenvalue weighted by Crippen LogP contribution is 1.99. The van der Waals surface area contributed by atoms with Crippen LogP contribution in [0.1, 0.15) is 29.6 Å². The number of hydrogen-bond acceptors (Lipinski definition) is 6. The summed E-state index contributed by atoms with van der Waals surface area (Å²) >= 11 is 0. The molecule has 0 aromatic carbocycles. The third-order valence-electron chi connectivity index (χ3n) is 2.60. The van der Waals surface area contributed by atoms with Crippen LogP contribution in [0.15, 0.2) is 46.5 Å².